The smallest absolute Gasteiger partial charge is 0.267 e. The maximum Gasteiger partial charge on any atom is 0.267 e. The first kappa shape index (κ1) is 43.1. The van der Waals surface area contributed by atoms with E-state index in [-0.39, 0.29) is 50.9 Å². The molecule has 6 amide bonds. The molecule has 0 saturated heterocycles. The summed E-state index contributed by atoms with van der Waals surface area (Å²) < 4.78 is 0. The van der Waals surface area contributed by atoms with E-state index in [1.165, 1.54) is 35.2 Å². The predicted molar refractivity (Wildman–Crippen MR) is 207 cm³/mol. The largest absolute Gasteiger partial charge is 0.353 e. The Hall–Kier alpha value is -7.26. The quantitative estimate of drug-likeness (QED) is 0.0542. The highest BCUT2D eigenvalue weighted by atomic mass is 16.5. The van der Waals surface area contributed by atoms with Crippen LogP contribution in [0, 0.1) is 23.7 Å². The molecule has 0 radical (unpaired) electrons. The van der Waals surface area contributed by atoms with Gasteiger partial charge in [-0.1, -0.05) is 67.5 Å². The molecule has 56 heavy (non-hydrogen) atoms. The van der Waals surface area contributed by atoms with Gasteiger partial charge in [0.05, 0.1) is 0 Å². The van der Waals surface area contributed by atoms with Gasteiger partial charge in [-0.15, -0.1) is 0 Å². The average molecular weight is 759 g/mol. The first-order valence-electron chi connectivity index (χ1n) is 17.0. The van der Waals surface area contributed by atoms with Crippen LogP contribution in [-0.4, -0.2) is 71.0 Å². The summed E-state index contributed by atoms with van der Waals surface area (Å²) in [4.78, 5) is 75.0. The van der Waals surface area contributed by atoms with Crippen LogP contribution in [0.5, 0.6) is 0 Å². The van der Waals surface area contributed by atoms with E-state index in [0.717, 1.165) is 11.1 Å². The third kappa shape index (κ3) is 14.3. The number of nitrogens with one attached hydrogen (secondary N) is 6. The number of rotatable bonds is 14. The third-order valence-corrected chi connectivity index (χ3v) is 7.82. The second kappa shape index (κ2) is 22.7. The van der Waals surface area contributed by atoms with Crippen molar-refractivity contribution in [1.29, 1.82) is 0 Å². The zero-order valence-corrected chi connectivity index (χ0v) is 29.4. The van der Waals surface area contributed by atoms with Crippen molar-refractivity contribution in [1.82, 2.24) is 32.2 Å². The topological polar surface area (TPSA) is 215 Å². The summed E-state index contributed by atoms with van der Waals surface area (Å²) in [5.74, 6) is 7.76. The molecule has 0 bridgehead atoms. The summed E-state index contributed by atoms with van der Waals surface area (Å²) in [6.45, 7) is -0.712. The molecule has 14 heteroatoms. The molecule has 4 rings (SSSR count). The molecule has 4 aromatic carbocycles. The van der Waals surface area contributed by atoms with Gasteiger partial charge in [0, 0.05) is 59.3 Å². The first-order valence-corrected chi connectivity index (χ1v) is 17.0. The number of amides is 6. The van der Waals surface area contributed by atoms with Crippen molar-refractivity contribution in [3.63, 3.8) is 0 Å². The number of benzene rings is 4. The maximum absolute atomic E-state index is 12.8. The van der Waals surface area contributed by atoms with Gasteiger partial charge < -0.3 is 21.3 Å². The van der Waals surface area contributed by atoms with Crippen LogP contribution < -0.4 is 32.2 Å². The number of hydrogen-bond donors (Lipinski definition) is 8. The average Bonchev–Trinajstić information content (AvgIpc) is 3.22. The Bertz CT molecular complexity index is 1940. The molecule has 4 aromatic rings. The maximum atomic E-state index is 12.8. The molecule has 0 aliphatic rings. The molecule has 0 aliphatic heterocycles. The van der Waals surface area contributed by atoms with E-state index in [0.29, 0.717) is 11.1 Å². The van der Waals surface area contributed by atoms with Crippen LogP contribution in [0.2, 0.25) is 0 Å². The molecule has 0 aromatic heterocycles. The van der Waals surface area contributed by atoms with Gasteiger partial charge in [0.25, 0.3) is 23.6 Å². The Morgan fingerprint density at radius 2 is 0.804 bits per heavy atom. The Balaban J connectivity index is 0.00000841. The summed E-state index contributed by atoms with van der Waals surface area (Å²) in [5.41, 5.74) is 6.35. The molecule has 8 N–H and O–H groups in total. The predicted octanol–water partition coefficient (Wildman–Crippen LogP) is 2.43. The van der Waals surface area contributed by atoms with Crippen molar-refractivity contribution in [3.8, 4) is 23.7 Å². The van der Waals surface area contributed by atoms with Crippen molar-refractivity contribution in [2.24, 2.45) is 0 Å². The van der Waals surface area contributed by atoms with Crippen LogP contribution in [-0.2, 0) is 19.2 Å². The molecule has 0 saturated carbocycles. The van der Waals surface area contributed by atoms with E-state index in [1.807, 2.05) is 60.7 Å². The van der Waals surface area contributed by atoms with E-state index < -0.39 is 47.5 Å². The lowest BCUT2D eigenvalue weighted by Crippen LogP contribution is -2.52. The van der Waals surface area contributed by atoms with E-state index in [1.54, 1.807) is 24.3 Å². The summed E-state index contributed by atoms with van der Waals surface area (Å²) in [5, 5.41) is 28.2. The Morgan fingerprint density at radius 3 is 1.12 bits per heavy atom. The Kier molecular flexibility index (Phi) is 17.5. The molecule has 0 unspecified atom stereocenters. The highest BCUT2D eigenvalue weighted by Crippen LogP contribution is 2.07. The molecule has 0 spiro atoms. The van der Waals surface area contributed by atoms with E-state index >= 15 is 0 Å². The second-order valence-electron chi connectivity index (χ2n) is 11.9. The molecule has 14 nitrogen and oxygen atoms in total. The minimum atomic E-state index is -1.32. The zero-order chi connectivity index (χ0) is 39.4. The van der Waals surface area contributed by atoms with Crippen LogP contribution in [0.4, 0.5) is 0 Å². The highest BCUT2D eigenvalue weighted by Gasteiger charge is 2.23. The van der Waals surface area contributed by atoms with Crippen LogP contribution in [0.1, 0.15) is 69.7 Å². The van der Waals surface area contributed by atoms with E-state index in [4.69, 9.17) is 10.4 Å². The molecule has 0 fully saturated rings. The molecule has 2 atom stereocenters. The lowest BCUT2D eigenvalue weighted by Gasteiger charge is -2.18. The van der Waals surface area contributed by atoms with Crippen LogP contribution >= 0.6 is 0 Å². The number of hydrogen-bond acceptors (Lipinski definition) is 8. The fraction of sp³-hybridized carbons (Fsp3) is 0.190. The standard InChI is InChI=1S/C41H38N6O8.CH4/c48-36(42-26-34(40(52)46-54)44-38(50)32-22-18-30(19-23-32)16-14-28-8-3-1-4-9-28)12-7-13-37(49)43-27-35(41(53)47-55)45-39(51)33-24-20-31(21-25-33)17-15-29-10-5-2-6-11-29;/h1-6,8-11,18-25,34-35,54-55H,7,12-13,26-27H2,(H,42,48)(H,43,49)(H,44,50)(H,45,51)(H,46,52)(H,47,53);1H4/t34-,35-;/m0./s1. The fourth-order valence-electron chi connectivity index (χ4n) is 4.82. The van der Waals surface area contributed by atoms with Gasteiger partial charge in [-0.25, -0.2) is 11.0 Å². The SMILES string of the molecule is C.O=C(CCCC(=O)NC[C@H](NC(=O)c1ccc(C#Cc2ccccc2)cc1)C(=O)NO)NC[C@H](NC(=O)c1ccc(C#Cc2ccccc2)cc1)C(=O)NO. The van der Waals surface area contributed by atoms with Crippen molar-refractivity contribution in [2.75, 3.05) is 13.1 Å². The number of hydroxylamine groups is 2. The van der Waals surface area contributed by atoms with Gasteiger partial charge >= 0.3 is 0 Å². The Morgan fingerprint density at radius 1 is 0.482 bits per heavy atom. The molecular formula is C42H42N6O8. The first-order chi connectivity index (χ1) is 26.6. The monoisotopic (exact) mass is 758 g/mol. The number of carbonyl (C=O) groups is 6. The van der Waals surface area contributed by atoms with Crippen molar-refractivity contribution < 1.29 is 39.2 Å². The second-order valence-corrected chi connectivity index (χ2v) is 11.9. The summed E-state index contributed by atoms with van der Waals surface area (Å²) in [6, 6.07) is 28.8. The van der Waals surface area contributed by atoms with Gasteiger partial charge in [-0.2, -0.15) is 0 Å². The van der Waals surface area contributed by atoms with E-state index in [9.17, 15) is 28.8 Å². The lowest BCUT2D eigenvalue weighted by molar-refractivity contribution is -0.132. The van der Waals surface area contributed by atoms with E-state index in [2.05, 4.69) is 44.9 Å². The van der Waals surface area contributed by atoms with Crippen LogP contribution in [0.25, 0.3) is 0 Å². The third-order valence-electron chi connectivity index (χ3n) is 7.82. The van der Waals surface area contributed by atoms with Gasteiger partial charge in [0.1, 0.15) is 12.1 Å². The minimum Gasteiger partial charge on any atom is -0.353 e. The summed E-state index contributed by atoms with van der Waals surface area (Å²) in [6.07, 6.45) is -0.199. The fourth-order valence-corrected chi connectivity index (χ4v) is 4.82. The van der Waals surface area contributed by atoms with Crippen LogP contribution in [0.15, 0.2) is 109 Å². The van der Waals surface area contributed by atoms with Gasteiger partial charge in [0.2, 0.25) is 11.8 Å². The summed E-state index contributed by atoms with van der Waals surface area (Å²) in [7, 11) is 0. The van der Waals surface area contributed by atoms with Crippen LogP contribution in [0.3, 0.4) is 0 Å². The summed E-state index contributed by atoms with van der Waals surface area (Å²) >= 11 is 0. The minimum absolute atomic E-state index is 0. The Labute approximate surface area is 324 Å². The normalized spacial score (nSPS) is 10.9. The van der Waals surface area contributed by atoms with Crippen molar-refractivity contribution in [2.45, 2.75) is 38.8 Å². The van der Waals surface area contributed by atoms with Gasteiger partial charge in [-0.05, 0) is 79.2 Å². The van der Waals surface area contributed by atoms with Crippen molar-refractivity contribution >= 4 is 35.4 Å². The highest BCUT2D eigenvalue weighted by molar-refractivity contribution is 5.98. The van der Waals surface area contributed by atoms with Gasteiger partial charge in [-0.3, -0.25) is 39.2 Å². The lowest BCUT2D eigenvalue weighted by atomic mass is 10.1. The van der Waals surface area contributed by atoms with Gasteiger partial charge in [0.15, 0.2) is 0 Å². The number of carbonyl (C=O) groups excluding carboxylic acids is 6. The molecule has 0 heterocycles. The molecule has 288 valence electrons. The molecule has 0 aliphatic carbocycles. The molecular weight excluding hydrogens is 716 g/mol. The zero-order valence-electron chi connectivity index (χ0n) is 29.4. The van der Waals surface area contributed by atoms with Crippen molar-refractivity contribution in [3.05, 3.63) is 143 Å².